The Morgan fingerprint density at radius 2 is 2.00 bits per heavy atom. The lowest BCUT2D eigenvalue weighted by atomic mass is 9.98. The van der Waals surface area contributed by atoms with Crippen molar-refractivity contribution in [2.45, 2.75) is 38.5 Å². The molecule has 3 rings (SSSR count). The number of carbonyl (C=O) groups excluding carboxylic acids is 1. The van der Waals surface area contributed by atoms with Crippen LogP contribution in [0, 0.1) is 5.92 Å². The Morgan fingerprint density at radius 1 is 1.31 bits per heavy atom. The maximum Gasteiger partial charge on any atom is 0.351 e. The van der Waals surface area contributed by atoms with E-state index in [0.717, 1.165) is 4.57 Å². The van der Waals surface area contributed by atoms with Gasteiger partial charge in [-0.2, -0.15) is 4.98 Å². The first-order chi connectivity index (χ1) is 12.3. The van der Waals surface area contributed by atoms with Gasteiger partial charge in [-0.1, -0.05) is 32.0 Å². The van der Waals surface area contributed by atoms with Gasteiger partial charge in [-0.05, 0) is 24.6 Å². The molecular weight excluding hydrogens is 344 g/mol. The minimum atomic E-state index is -3.19. The number of halogens is 2. The van der Waals surface area contributed by atoms with Crippen LogP contribution in [0.1, 0.15) is 36.9 Å². The fourth-order valence-electron chi connectivity index (χ4n) is 2.99. The molecule has 1 N–H and O–H groups in total. The van der Waals surface area contributed by atoms with Crippen molar-refractivity contribution in [1.29, 1.82) is 0 Å². The molecule has 0 radical (unpaired) electrons. The van der Waals surface area contributed by atoms with Gasteiger partial charge in [0, 0.05) is 11.8 Å². The van der Waals surface area contributed by atoms with E-state index >= 15 is 0 Å². The smallest absolute Gasteiger partial charge is 0.348 e. The molecule has 0 unspecified atom stereocenters. The molecule has 1 aliphatic heterocycles. The van der Waals surface area contributed by atoms with Gasteiger partial charge in [-0.15, -0.1) is 0 Å². The maximum absolute atomic E-state index is 14.5. The monoisotopic (exact) mass is 363 g/mol. The van der Waals surface area contributed by atoms with Gasteiger partial charge in [0.15, 0.2) is 0 Å². The summed E-state index contributed by atoms with van der Waals surface area (Å²) in [6.45, 7) is 3.16. The zero-order valence-corrected chi connectivity index (χ0v) is 14.4. The van der Waals surface area contributed by atoms with Crippen molar-refractivity contribution >= 4 is 11.7 Å². The Hall–Kier alpha value is -2.61. The maximum atomic E-state index is 14.5. The molecule has 26 heavy (non-hydrogen) atoms. The predicted molar refractivity (Wildman–Crippen MR) is 91.2 cm³/mol. The third-order valence-electron chi connectivity index (χ3n) is 4.56. The van der Waals surface area contributed by atoms with E-state index in [-0.39, 0.29) is 5.82 Å². The Kier molecular flexibility index (Phi) is 4.86. The number of amides is 1. The first-order valence-corrected chi connectivity index (χ1v) is 8.33. The first-order valence-electron chi connectivity index (χ1n) is 8.33. The van der Waals surface area contributed by atoms with Crippen LogP contribution in [-0.4, -0.2) is 27.5 Å². The van der Waals surface area contributed by atoms with Crippen molar-refractivity contribution in [2.24, 2.45) is 5.92 Å². The van der Waals surface area contributed by atoms with Gasteiger partial charge >= 0.3 is 5.69 Å². The first kappa shape index (κ1) is 18.2. The van der Waals surface area contributed by atoms with E-state index in [9.17, 15) is 18.4 Å². The molecule has 1 aliphatic rings. The second-order valence-electron chi connectivity index (χ2n) is 6.22. The summed E-state index contributed by atoms with van der Waals surface area (Å²) in [7, 11) is 0. The number of nitrogens with one attached hydrogen (secondary N) is 1. The average molecular weight is 363 g/mol. The largest absolute Gasteiger partial charge is 0.351 e. The molecular formula is C18H19F2N3O3. The van der Waals surface area contributed by atoms with E-state index in [1.165, 1.54) is 19.2 Å². The van der Waals surface area contributed by atoms with E-state index in [0.29, 0.717) is 12.0 Å². The highest BCUT2D eigenvalue weighted by molar-refractivity contribution is 6.03. The number of aromatic nitrogens is 2. The number of nitrogens with zero attached hydrogens (tertiary/aromatic N) is 2. The normalized spacial score (nSPS) is 24.4. The molecule has 0 saturated carbocycles. The highest BCUT2D eigenvalue weighted by Crippen LogP contribution is 2.46. The van der Waals surface area contributed by atoms with Crippen LogP contribution in [0.5, 0.6) is 0 Å². The van der Waals surface area contributed by atoms with Gasteiger partial charge in [0.2, 0.25) is 6.23 Å². The third-order valence-corrected chi connectivity index (χ3v) is 4.56. The number of benzene rings is 1. The quantitative estimate of drug-likeness (QED) is 0.906. The van der Waals surface area contributed by atoms with Crippen LogP contribution in [0.25, 0.3) is 0 Å². The minimum absolute atomic E-state index is 0.0125. The zero-order valence-electron chi connectivity index (χ0n) is 14.4. The van der Waals surface area contributed by atoms with Gasteiger partial charge in [0.05, 0.1) is 12.0 Å². The van der Waals surface area contributed by atoms with Crippen molar-refractivity contribution < 1.29 is 18.3 Å². The lowest BCUT2D eigenvalue weighted by Gasteiger charge is -2.21. The zero-order chi connectivity index (χ0) is 18.9. The van der Waals surface area contributed by atoms with Crippen molar-refractivity contribution in [3.8, 4) is 0 Å². The molecule has 0 bridgehead atoms. The summed E-state index contributed by atoms with van der Waals surface area (Å²) in [5.74, 6) is -4.67. The van der Waals surface area contributed by atoms with Crippen molar-refractivity contribution in [2.75, 3.05) is 5.32 Å². The van der Waals surface area contributed by atoms with Crippen LogP contribution in [-0.2, 0) is 4.74 Å². The summed E-state index contributed by atoms with van der Waals surface area (Å²) in [5, 5.41) is 2.47. The van der Waals surface area contributed by atoms with E-state index in [4.69, 9.17) is 4.74 Å². The average Bonchev–Trinajstić information content (AvgIpc) is 2.85. The molecule has 0 spiro atoms. The van der Waals surface area contributed by atoms with E-state index in [2.05, 4.69) is 10.3 Å². The molecule has 138 valence electrons. The summed E-state index contributed by atoms with van der Waals surface area (Å²) in [4.78, 5) is 28.0. The number of carbonyl (C=O) groups is 1. The molecule has 8 heteroatoms. The standard InChI is InChI=1S/C18H19F2N3O3/c1-3-13-11(2)18(19,20)16(26-13)23-10-9-14(22-17(23)25)21-15(24)12-7-5-4-6-8-12/h4-11,13,16H,3H2,1-2H3,(H,21,22,24,25)/t11-,13-,16-/m1/s1. The molecule has 0 aliphatic carbocycles. The van der Waals surface area contributed by atoms with Crippen molar-refractivity contribution in [3.05, 3.63) is 58.6 Å². The van der Waals surface area contributed by atoms with Gasteiger partial charge in [0.1, 0.15) is 5.82 Å². The van der Waals surface area contributed by atoms with Crippen LogP contribution >= 0.6 is 0 Å². The number of rotatable bonds is 4. The second-order valence-corrected chi connectivity index (χ2v) is 6.22. The molecule has 1 aromatic carbocycles. The topological polar surface area (TPSA) is 73.2 Å². The van der Waals surface area contributed by atoms with Gasteiger partial charge in [-0.25, -0.2) is 13.6 Å². The Morgan fingerprint density at radius 3 is 2.58 bits per heavy atom. The van der Waals surface area contributed by atoms with Crippen LogP contribution < -0.4 is 11.0 Å². The number of anilines is 1. The SMILES string of the molecule is CC[C@H]1O[C@@H](n2ccc(NC(=O)c3ccccc3)nc2=O)C(F)(F)[C@@H]1C. The van der Waals surface area contributed by atoms with E-state index < -0.39 is 35.8 Å². The lowest BCUT2D eigenvalue weighted by Crippen LogP contribution is -2.37. The van der Waals surface area contributed by atoms with Gasteiger partial charge in [-0.3, -0.25) is 9.36 Å². The Labute approximate surface area is 148 Å². The third kappa shape index (κ3) is 3.24. The number of hydrogen-bond donors (Lipinski definition) is 1. The summed E-state index contributed by atoms with van der Waals surface area (Å²) < 4.78 is 35.1. The summed E-state index contributed by atoms with van der Waals surface area (Å²) in [6, 6.07) is 9.68. The molecule has 3 atom stereocenters. The summed E-state index contributed by atoms with van der Waals surface area (Å²) in [5.41, 5.74) is -0.520. The predicted octanol–water partition coefficient (Wildman–Crippen LogP) is 3.07. The van der Waals surface area contributed by atoms with Crippen molar-refractivity contribution in [3.63, 3.8) is 0 Å². The summed E-state index contributed by atoms with van der Waals surface area (Å²) >= 11 is 0. The van der Waals surface area contributed by atoms with E-state index in [1.54, 1.807) is 37.3 Å². The Bertz CT molecular complexity index is 854. The minimum Gasteiger partial charge on any atom is -0.348 e. The molecule has 1 aromatic heterocycles. The molecule has 2 heterocycles. The van der Waals surface area contributed by atoms with Crippen LogP contribution in [0.3, 0.4) is 0 Å². The highest BCUT2D eigenvalue weighted by atomic mass is 19.3. The number of ether oxygens (including phenoxy) is 1. The Balaban J connectivity index is 1.82. The summed E-state index contributed by atoms with van der Waals surface area (Å²) in [6.07, 6.45) is -0.763. The van der Waals surface area contributed by atoms with Crippen LogP contribution in [0.2, 0.25) is 0 Å². The van der Waals surface area contributed by atoms with Crippen LogP contribution in [0.15, 0.2) is 47.4 Å². The fourth-order valence-corrected chi connectivity index (χ4v) is 2.99. The molecule has 1 amide bonds. The molecule has 1 fully saturated rings. The molecule has 2 aromatic rings. The number of alkyl halides is 2. The lowest BCUT2D eigenvalue weighted by molar-refractivity contribution is -0.125. The van der Waals surface area contributed by atoms with Crippen LogP contribution in [0.4, 0.5) is 14.6 Å². The molecule has 6 nitrogen and oxygen atoms in total. The van der Waals surface area contributed by atoms with Gasteiger partial charge in [0.25, 0.3) is 11.8 Å². The second kappa shape index (κ2) is 6.95. The van der Waals surface area contributed by atoms with Gasteiger partial charge < -0.3 is 10.1 Å². The highest BCUT2D eigenvalue weighted by Gasteiger charge is 2.57. The number of hydrogen-bond acceptors (Lipinski definition) is 4. The molecule has 1 saturated heterocycles. The van der Waals surface area contributed by atoms with E-state index in [1.807, 2.05) is 0 Å². The fraction of sp³-hybridized carbons (Fsp3) is 0.389. The van der Waals surface area contributed by atoms with Crippen molar-refractivity contribution in [1.82, 2.24) is 9.55 Å².